The maximum atomic E-state index is 9.97. The largest absolute Gasteiger partial charge is 0.393 e. The Hall–Kier alpha value is -1.02. The molecular formula is C20H33IN4O. The van der Waals surface area contributed by atoms with Crippen molar-refractivity contribution in [3.63, 3.8) is 0 Å². The first-order valence-corrected chi connectivity index (χ1v) is 9.79. The van der Waals surface area contributed by atoms with E-state index in [-0.39, 0.29) is 30.1 Å². The van der Waals surface area contributed by atoms with E-state index in [1.165, 1.54) is 5.69 Å². The molecule has 1 saturated carbocycles. The fourth-order valence-electron chi connectivity index (χ4n) is 3.87. The summed E-state index contributed by atoms with van der Waals surface area (Å²) in [4.78, 5) is 7.19. The van der Waals surface area contributed by atoms with Crippen molar-refractivity contribution in [2.24, 2.45) is 10.9 Å². The number of nitrogens with zero attached hydrogens (tertiary/aromatic N) is 2. The van der Waals surface area contributed by atoms with Gasteiger partial charge >= 0.3 is 0 Å². The summed E-state index contributed by atoms with van der Waals surface area (Å²) in [5.74, 6) is 1.23. The second-order valence-electron chi connectivity index (χ2n) is 7.22. The summed E-state index contributed by atoms with van der Waals surface area (Å²) in [5.41, 5.74) is 1.32. The standard InChI is InChI=1S/C20H32N4O.HI/c1-2-21-20(22-15-16-7-6-10-19(16)25)23-17-11-13-24(14-12-17)18-8-4-3-5-9-18;/h3-5,8-9,16-17,19,25H,2,6-7,10-15H2,1H3,(H2,21,22,23);1H. The van der Waals surface area contributed by atoms with Crippen molar-refractivity contribution in [1.82, 2.24) is 10.6 Å². The first kappa shape index (κ1) is 21.3. The number of nitrogens with one attached hydrogen (secondary N) is 2. The Balaban J connectivity index is 0.00000243. The number of guanidine groups is 1. The van der Waals surface area contributed by atoms with Crippen molar-refractivity contribution in [3.05, 3.63) is 30.3 Å². The van der Waals surface area contributed by atoms with E-state index < -0.39 is 0 Å². The van der Waals surface area contributed by atoms with E-state index in [0.717, 1.165) is 64.2 Å². The van der Waals surface area contributed by atoms with Gasteiger partial charge in [0.2, 0.25) is 0 Å². The van der Waals surface area contributed by atoms with E-state index in [1.807, 2.05) is 0 Å². The second-order valence-corrected chi connectivity index (χ2v) is 7.22. The SMILES string of the molecule is CCNC(=NCC1CCCC1O)NC1CCN(c2ccccc2)CC1.I. The third kappa shape index (κ3) is 6.01. The molecule has 0 radical (unpaired) electrons. The number of piperidine rings is 1. The Kier molecular flexibility index (Phi) is 8.98. The third-order valence-corrected chi connectivity index (χ3v) is 5.40. The lowest BCUT2D eigenvalue weighted by atomic mass is 10.0. The smallest absolute Gasteiger partial charge is 0.191 e. The average Bonchev–Trinajstić information content (AvgIpc) is 3.06. The minimum atomic E-state index is -0.166. The molecule has 6 heteroatoms. The van der Waals surface area contributed by atoms with Crippen LogP contribution >= 0.6 is 24.0 Å². The number of anilines is 1. The molecule has 1 aliphatic carbocycles. The summed E-state index contributed by atoms with van der Waals surface area (Å²) in [6, 6.07) is 11.1. The Morgan fingerprint density at radius 2 is 1.88 bits per heavy atom. The predicted molar refractivity (Wildman–Crippen MR) is 120 cm³/mol. The average molecular weight is 472 g/mol. The van der Waals surface area contributed by atoms with Crippen molar-refractivity contribution < 1.29 is 5.11 Å². The van der Waals surface area contributed by atoms with Crippen molar-refractivity contribution in [2.45, 2.75) is 51.2 Å². The number of aliphatic imine (C=N–C) groups is 1. The molecule has 1 aromatic rings. The maximum absolute atomic E-state index is 9.97. The van der Waals surface area contributed by atoms with E-state index in [9.17, 15) is 5.11 Å². The van der Waals surface area contributed by atoms with Gasteiger partial charge in [0, 0.05) is 43.8 Å². The highest BCUT2D eigenvalue weighted by Gasteiger charge is 2.25. The molecule has 2 aliphatic rings. The van der Waals surface area contributed by atoms with Crippen molar-refractivity contribution in [1.29, 1.82) is 0 Å². The minimum Gasteiger partial charge on any atom is -0.393 e. The van der Waals surface area contributed by atoms with Crippen LogP contribution in [0.5, 0.6) is 0 Å². The summed E-state index contributed by atoms with van der Waals surface area (Å²) >= 11 is 0. The number of aliphatic hydroxyl groups is 1. The lowest BCUT2D eigenvalue weighted by Crippen LogP contribution is -2.49. The van der Waals surface area contributed by atoms with Crippen LogP contribution in [-0.2, 0) is 0 Å². The zero-order chi connectivity index (χ0) is 17.5. The molecule has 0 bridgehead atoms. The van der Waals surface area contributed by atoms with Crippen LogP contribution in [-0.4, -0.2) is 49.4 Å². The van der Waals surface area contributed by atoms with E-state index in [4.69, 9.17) is 4.99 Å². The molecule has 5 nitrogen and oxygen atoms in total. The van der Waals surface area contributed by atoms with Crippen LogP contribution in [0.3, 0.4) is 0 Å². The Labute approximate surface area is 174 Å². The van der Waals surface area contributed by atoms with E-state index >= 15 is 0 Å². The molecule has 0 amide bonds. The van der Waals surface area contributed by atoms with E-state index in [1.54, 1.807) is 0 Å². The lowest BCUT2D eigenvalue weighted by Gasteiger charge is -2.34. The van der Waals surface area contributed by atoms with Crippen LogP contribution in [0.1, 0.15) is 39.0 Å². The summed E-state index contributed by atoms with van der Waals surface area (Å²) in [6.45, 7) is 5.83. The fraction of sp³-hybridized carbons (Fsp3) is 0.650. The molecule has 26 heavy (non-hydrogen) atoms. The molecule has 3 rings (SSSR count). The molecule has 1 saturated heterocycles. The number of rotatable bonds is 5. The molecular weight excluding hydrogens is 439 g/mol. The highest BCUT2D eigenvalue weighted by molar-refractivity contribution is 14.0. The van der Waals surface area contributed by atoms with Crippen molar-refractivity contribution in [2.75, 3.05) is 31.1 Å². The highest BCUT2D eigenvalue weighted by atomic mass is 127. The molecule has 1 aromatic carbocycles. The van der Waals surface area contributed by atoms with Crippen LogP contribution in [0.4, 0.5) is 5.69 Å². The maximum Gasteiger partial charge on any atom is 0.191 e. The van der Waals surface area contributed by atoms with Crippen LogP contribution in [0.15, 0.2) is 35.3 Å². The van der Waals surface area contributed by atoms with Gasteiger partial charge in [-0.25, -0.2) is 0 Å². The van der Waals surface area contributed by atoms with Crippen LogP contribution in [0.2, 0.25) is 0 Å². The van der Waals surface area contributed by atoms with Gasteiger partial charge in [-0.1, -0.05) is 24.6 Å². The van der Waals surface area contributed by atoms with Crippen LogP contribution < -0.4 is 15.5 Å². The third-order valence-electron chi connectivity index (χ3n) is 5.40. The van der Waals surface area contributed by atoms with Gasteiger partial charge in [0.15, 0.2) is 5.96 Å². The molecule has 3 N–H and O–H groups in total. The van der Waals surface area contributed by atoms with Crippen molar-refractivity contribution >= 4 is 35.6 Å². The minimum absolute atomic E-state index is 0. The molecule has 2 fully saturated rings. The predicted octanol–water partition coefficient (Wildman–Crippen LogP) is 2.99. The number of para-hydroxylation sites is 1. The Morgan fingerprint density at radius 1 is 1.15 bits per heavy atom. The van der Waals surface area contributed by atoms with Gasteiger partial charge in [0.05, 0.1) is 6.10 Å². The molecule has 1 aliphatic heterocycles. The van der Waals surface area contributed by atoms with Gasteiger partial charge in [-0.3, -0.25) is 4.99 Å². The van der Waals surface area contributed by atoms with Crippen LogP contribution in [0, 0.1) is 5.92 Å². The summed E-state index contributed by atoms with van der Waals surface area (Å²) in [7, 11) is 0. The topological polar surface area (TPSA) is 59.9 Å². The van der Waals surface area contributed by atoms with E-state index in [2.05, 4.69) is 52.8 Å². The Bertz CT molecular complexity index is 546. The first-order chi connectivity index (χ1) is 12.3. The van der Waals surface area contributed by atoms with E-state index in [0.29, 0.717) is 12.0 Å². The first-order valence-electron chi connectivity index (χ1n) is 9.79. The number of halogens is 1. The Morgan fingerprint density at radius 3 is 2.50 bits per heavy atom. The fourth-order valence-corrected chi connectivity index (χ4v) is 3.87. The molecule has 2 unspecified atom stereocenters. The molecule has 1 heterocycles. The number of aliphatic hydroxyl groups excluding tert-OH is 1. The zero-order valence-electron chi connectivity index (χ0n) is 15.7. The van der Waals surface area contributed by atoms with Gasteiger partial charge in [0.1, 0.15) is 0 Å². The lowest BCUT2D eigenvalue weighted by molar-refractivity contribution is 0.136. The number of hydrogen-bond donors (Lipinski definition) is 3. The summed E-state index contributed by atoms with van der Waals surface area (Å²) < 4.78 is 0. The molecule has 146 valence electrons. The highest BCUT2D eigenvalue weighted by Crippen LogP contribution is 2.25. The normalized spacial score (nSPS) is 24.2. The zero-order valence-corrected chi connectivity index (χ0v) is 18.1. The second kappa shape index (κ2) is 11.0. The molecule has 0 aromatic heterocycles. The molecule has 2 atom stereocenters. The van der Waals surface area contributed by atoms with Gasteiger partial charge in [0.25, 0.3) is 0 Å². The van der Waals surface area contributed by atoms with Gasteiger partial charge in [-0.05, 0) is 44.7 Å². The van der Waals surface area contributed by atoms with Crippen LogP contribution in [0.25, 0.3) is 0 Å². The monoisotopic (exact) mass is 472 g/mol. The van der Waals surface area contributed by atoms with Gasteiger partial charge in [-0.2, -0.15) is 0 Å². The van der Waals surface area contributed by atoms with Crippen molar-refractivity contribution in [3.8, 4) is 0 Å². The molecule has 0 spiro atoms. The number of hydrogen-bond acceptors (Lipinski definition) is 3. The quantitative estimate of drug-likeness (QED) is 0.351. The van der Waals surface area contributed by atoms with Gasteiger partial charge < -0.3 is 20.6 Å². The summed E-state index contributed by atoms with van der Waals surface area (Å²) in [5, 5.41) is 16.9. The number of benzene rings is 1. The van der Waals surface area contributed by atoms with Gasteiger partial charge in [-0.15, -0.1) is 24.0 Å². The summed E-state index contributed by atoms with van der Waals surface area (Å²) in [6.07, 6.45) is 5.22.